The third-order valence-electron chi connectivity index (χ3n) is 7.60. The number of rotatable bonds is 19. The maximum absolute atomic E-state index is 14.0. The highest BCUT2D eigenvalue weighted by atomic mass is 32.2. The molecule has 0 aromatic heterocycles. The molecule has 42 heavy (non-hydrogen) atoms. The molecule has 0 aliphatic rings. The van der Waals surface area contributed by atoms with Crippen molar-refractivity contribution in [1.29, 1.82) is 0 Å². The molecule has 0 bridgehead atoms. The molecule has 2 aromatic rings. The molecule has 0 saturated heterocycles. The molecule has 0 atom stereocenters. The van der Waals surface area contributed by atoms with Crippen LogP contribution in [0.15, 0.2) is 68.8 Å². The van der Waals surface area contributed by atoms with Crippen LogP contribution in [-0.4, -0.2) is 22.6 Å². The van der Waals surface area contributed by atoms with Gasteiger partial charge in [-0.05, 0) is 62.9 Å². The SMILES string of the molecule is CCCCCCCCC#C/C(=C(/CCCCCCCCC)CS(=O)(=O)c1ccc(C)cc1)S(=O)(=O)c1ccc(C)cc1. The molecule has 2 aromatic carbocycles. The van der Waals surface area contributed by atoms with Gasteiger partial charge in [0.2, 0.25) is 9.84 Å². The molecule has 232 valence electrons. The van der Waals surface area contributed by atoms with E-state index in [9.17, 15) is 16.8 Å². The standard InChI is InChI=1S/C36H52O4S2/c1-5-7-9-11-13-15-17-19-21-36(42(39,40)35-28-24-32(4)25-29-35)33(20-18-16-14-12-10-8-6-2)30-41(37,38)34-26-22-31(3)23-27-34/h22-29H,5-18,20,30H2,1-4H3/b36-33+. The van der Waals surface area contributed by atoms with E-state index in [1.807, 2.05) is 13.8 Å². The van der Waals surface area contributed by atoms with Crippen LogP contribution < -0.4 is 0 Å². The van der Waals surface area contributed by atoms with Crippen LogP contribution in [0, 0.1) is 25.7 Å². The molecule has 4 nitrogen and oxygen atoms in total. The molecule has 0 unspecified atom stereocenters. The summed E-state index contributed by atoms with van der Waals surface area (Å²) in [5.74, 6) is 5.78. The molecule has 0 amide bonds. The Morgan fingerprint density at radius 3 is 1.57 bits per heavy atom. The molecule has 0 aliphatic carbocycles. The van der Waals surface area contributed by atoms with Crippen molar-refractivity contribution >= 4 is 19.7 Å². The minimum atomic E-state index is -4.00. The Morgan fingerprint density at radius 2 is 1.05 bits per heavy atom. The summed E-state index contributed by atoms with van der Waals surface area (Å²) in [6.07, 6.45) is 15.2. The van der Waals surface area contributed by atoms with Crippen LogP contribution in [-0.2, 0) is 19.7 Å². The van der Waals surface area contributed by atoms with E-state index >= 15 is 0 Å². The Labute approximate surface area is 257 Å². The van der Waals surface area contributed by atoms with Gasteiger partial charge < -0.3 is 0 Å². The molecule has 0 spiro atoms. The summed E-state index contributed by atoms with van der Waals surface area (Å²) in [5, 5.41) is 0. The smallest absolute Gasteiger partial charge is 0.214 e. The minimum Gasteiger partial charge on any atom is -0.223 e. The zero-order valence-electron chi connectivity index (χ0n) is 26.4. The second-order valence-corrected chi connectivity index (χ2v) is 15.4. The van der Waals surface area contributed by atoms with Crippen molar-refractivity contribution in [2.24, 2.45) is 0 Å². The number of allylic oxidation sites excluding steroid dienone is 1. The predicted molar refractivity (Wildman–Crippen MR) is 177 cm³/mol. The lowest BCUT2D eigenvalue weighted by atomic mass is 10.0. The Hall–Kier alpha value is -2.36. The maximum atomic E-state index is 14.0. The first-order valence-electron chi connectivity index (χ1n) is 15.9. The molecular formula is C36H52O4S2. The van der Waals surface area contributed by atoms with Crippen LogP contribution in [0.3, 0.4) is 0 Å². The zero-order valence-corrected chi connectivity index (χ0v) is 28.0. The molecule has 0 heterocycles. The summed E-state index contributed by atoms with van der Waals surface area (Å²) in [4.78, 5) is 0.332. The van der Waals surface area contributed by atoms with Crippen molar-refractivity contribution in [3.8, 4) is 11.8 Å². The van der Waals surface area contributed by atoms with E-state index in [4.69, 9.17) is 0 Å². The van der Waals surface area contributed by atoms with E-state index in [2.05, 4.69) is 25.7 Å². The van der Waals surface area contributed by atoms with Gasteiger partial charge in [-0.15, -0.1) is 0 Å². The topological polar surface area (TPSA) is 68.3 Å². The molecule has 0 fully saturated rings. The van der Waals surface area contributed by atoms with Crippen LogP contribution in [0.25, 0.3) is 0 Å². The Bertz CT molecular complexity index is 1370. The number of unbranched alkanes of at least 4 members (excludes halogenated alkanes) is 12. The highest BCUT2D eigenvalue weighted by Gasteiger charge is 2.27. The lowest BCUT2D eigenvalue weighted by Gasteiger charge is -2.14. The Morgan fingerprint density at radius 1 is 0.595 bits per heavy atom. The fourth-order valence-corrected chi connectivity index (χ4v) is 7.97. The number of sulfone groups is 2. The van der Waals surface area contributed by atoms with Crippen LogP contribution in [0.5, 0.6) is 0 Å². The van der Waals surface area contributed by atoms with Crippen molar-refractivity contribution in [3.63, 3.8) is 0 Å². The lowest BCUT2D eigenvalue weighted by Crippen LogP contribution is -2.15. The van der Waals surface area contributed by atoms with E-state index < -0.39 is 19.7 Å². The predicted octanol–water partition coefficient (Wildman–Crippen LogP) is 9.70. The second kappa shape index (κ2) is 19.0. The van der Waals surface area contributed by atoms with E-state index in [-0.39, 0.29) is 20.4 Å². The molecule has 0 aliphatic heterocycles. The number of aryl methyl sites for hydroxylation is 2. The monoisotopic (exact) mass is 612 g/mol. The maximum Gasteiger partial charge on any atom is 0.214 e. The van der Waals surface area contributed by atoms with Gasteiger partial charge in [0.05, 0.1) is 15.5 Å². The summed E-state index contributed by atoms with van der Waals surface area (Å²) in [5.41, 5.74) is 2.33. The van der Waals surface area contributed by atoms with E-state index in [1.165, 1.54) is 38.5 Å². The van der Waals surface area contributed by atoms with Crippen molar-refractivity contribution < 1.29 is 16.8 Å². The molecule has 2 rings (SSSR count). The summed E-state index contributed by atoms with van der Waals surface area (Å²) < 4.78 is 55.3. The summed E-state index contributed by atoms with van der Waals surface area (Å²) in [7, 11) is -7.76. The van der Waals surface area contributed by atoms with Gasteiger partial charge in [-0.3, -0.25) is 0 Å². The van der Waals surface area contributed by atoms with Gasteiger partial charge in [0.25, 0.3) is 0 Å². The first kappa shape index (κ1) is 35.8. The first-order chi connectivity index (χ1) is 20.1. The van der Waals surface area contributed by atoms with Gasteiger partial charge in [0.15, 0.2) is 9.84 Å². The average Bonchev–Trinajstić information content (AvgIpc) is 2.95. The van der Waals surface area contributed by atoms with Crippen molar-refractivity contribution in [2.45, 2.75) is 134 Å². The third-order valence-corrected chi connectivity index (χ3v) is 11.1. The largest absolute Gasteiger partial charge is 0.223 e. The van der Waals surface area contributed by atoms with E-state index in [1.54, 1.807) is 48.5 Å². The van der Waals surface area contributed by atoms with Crippen LogP contribution >= 0.6 is 0 Å². The van der Waals surface area contributed by atoms with Gasteiger partial charge in [-0.1, -0.05) is 132 Å². The Balaban J connectivity index is 2.47. The Kier molecular flexibility index (Phi) is 16.2. The molecule has 6 heteroatoms. The quantitative estimate of drug-likeness (QED) is 0.117. The zero-order chi connectivity index (χ0) is 30.8. The fraction of sp³-hybridized carbons (Fsp3) is 0.556. The highest BCUT2D eigenvalue weighted by molar-refractivity contribution is 7.95. The minimum absolute atomic E-state index is 0.0287. The van der Waals surface area contributed by atoms with Crippen molar-refractivity contribution in [1.82, 2.24) is 0 Å². The first-order valence-corrected chi connectivity index (χ1v) is 19.1. The second-order valence-electron chi connectivity index (χ2n) is 11.5. The lowest BCUT2D eigenvalue weighted by molar-refractivity contribution is 0.583. The van der Waals surface area contributed by atoms with Crippen LogP contribution in [0.2, 0.25) is 0 Å². The number of hydrogen-bond acceptors (Lipinski definition) is 4. The number of hydrogen-bond donors (Lipinski definition) is 0. The molecule has 0 N–H and O–H groups in total. The van der Waals surface area contributed by atoms with Crippen molar-refractivity contribution in [3.05, 3.63) is 70.1 Å². The number of benzene rings is 2. The van der Waals surface area contributed by atoms with Gasteiger partial charge in [0, 0.05) is 6.42 Å². The van der Waals surface area contributed by atoms with Gasteiger partial charge >= 0.3 is 0 Å². The highest BCUT2D eigenvalue weighted by Crippen LogP contribution is 2.28. The molecule has 0 radical (unpaired) electrons. The normalized spacial score (nSPS) is 12.5. The average molecular weight is 613 g/mol. The molecule has 0 saturated carbocycles. The third kappa shape index (κ3) is 12.5. The van der Waals surface area contributed by atoms with Gasteiger partial charge in [-0.25, -0.2) is 16.8 Å². The van der Waals surface area contributed by atoms with Crippen molar-refractivity contribution in [2.75, 3.05) is 5.75 Å². The summed E-state index contributed by atoms with van der Waals surface area (Å²) in [6.45, 7) is 8.20. The van der Waals surface area contributed by atoms with Gasteiger partial charge in [-0.2, -0.15) is 0 Å². The fourth-order valence-electron chi connectivity index (χ4n) is 4.92. The van der Waals surface area contributed by atoms with Crippen LogP contribution in [0.1, 0.15) is 121 Å². The van der Waals surface area contributed by atoms with E-state index in [0.29, 0.717) is 18.4 Å². The van der Waals surface area contributed by atoms with Gasteiger partial charge in [0.1, 0.15) is 4.91 Å². The summed E-state index contributed by atoms with van der Waals surface area (Å²) >= 11 is 0. The molecular weight excluding hydrogens is 561 g/mol. The van der Waals surface area contributed by atoms with Crippen LogP contribution in [0.4, 0.5) is 0 Å². The summed E-state index contributed by atoms with van der Waals surface area (Å²) in [6, 6.07) is 13.5. The van der Waals surface area contributed by atoms with E-state index in [0.717, 1.165) is 56.1 Å².